The van der Waals surface area contributed by atoms with Crippen LogP contribution in [-0.2, 0) is 0 Å². The second-order valence-corrected chi connectivity index (χ2v) is 4.70. The van der Waals surface area contributed by atoms with Gasteiger partial charge in [0.25, 0.3) is 0 Å². The van der Waals surface area contributed by atoms with E-state index in [0.29, 0.717) is 5.92 Å². The standard InChI is InChI=1S/C15H17N3/c1-2-5-12(6-3-1)13-7-4-8-14(11-13)17-15-9-10-16-18-15/h1-2,4,7-12H,3,5-6H2,(H2,16,17,18). The van der Waals surface area contributed by atoms with E-state index in [1.165, 1.54) is 18.4 Å². The highest BCUT2D eigenvalue weighted by molar-refractivity contribution is 5.56. The van der Waals surface area contributed by atoms with E-state index >= 15 is 0 Å². The third kappa shape index (κ3) is 2.45. The van der Waals surface area contributed by atoms with E-state index in [4.69, 9.17) is 0 Å². The van der Waals surface area contributed by atoms with Gasteiger partial charge < -0.3 is 5.32 Å². The Balaban J connectivity index is 1.78. The lowest BCUT2D eigenvalue weighted by Crippen LogP contribution is -2.01. The Hall–Kier alpha value is -2.03. The predicted molar refractivity (Wildman–Crippen MR) is 74.0 cm³/mol. The molecule has 2 N–H and O–H groups in total. The second kappa shape index (κ2) is 5.08. The van der Waals surface area contributed by atoms with Crippen LogP contribution < -0.4 is 5.32 Å². The summed E-state index contributed by atoms with van der Waals surface area (Å²) in [6.45, 7) is 0. The van der Waals surface area contributed by atoms with Crippen molar-refractivity contribution in [2.75, 3.05) is 5.32 Å². The number of H-pyrrole nitrogens is 1. The number of benzene rings is 1. The molecule has 0 radical (unpaired) electrons. The fourth-order valence-electron chi connectivity index (χ4n) is 2.45. The number of hydrogen-bond donors (Lipinski definition) is 2. The summed E-state index contributed by atoms with van der Waals surface area (Å²) in [5.41, 5.74) is 2.54. The molecule has 0 amide bonds. The van der Waals surface area contributed by atoms with Gasteiger partial charge in [-0.1, -0.05) is 24.3 Å². The molecule has 0 saturated heterocycles. The molecule has 0 bridgehead atoms. The van der Waals surface area contributed by atoms with Crippen LogP contribution in [0.15, 0.2) is 48.7 Å². The quantitative estimate of drug-likeness (QED) is 0.795. The molecule has 3 rings (SSSR count). The number of aromatic amines is 1. The highest BCUT2D eigenvalue weighted by Crippen LogP contribution is 2.30. The monoisotopic (exact) mass is 239 g/mol. The van der Waals surface area contributed by atoms with Gasteiger partial charge in [0.2, 0.25) is 0 Å². The minimum atomic E-state index is 0.665. The van der Waals surface area contributed by atoms with Gasteiger partial charge in [0, 0.05) is 11.8 Å². The molecular formula is C15H17N3. The van der Waals surface area contributed by atoms with Crippen LogP contribution in [0.25, 0.3) is 0 Å². The Morgan fingerprint density at radius 1 is 1.22 bits per heavy atom. The van der Waals surface area contributed by atoms with Crippen molar-refractivity contribution in [1.82, 2.24) is 10.2 Å². The van der Waals surface area contributed by atoms with Gasteiger partial charge in [-0.05, 0) is 42.9 Å². The van der Waals surface area contributed by atoms with Crippen LogP contribution in [0.1, 0.15) is 30.7 Å². The zero-order chi connectivity index (χ0) is 12.2. The van der Waals surface area contributed by atoms with Gasteiger partial charge in [-0.15, -0.1) is 0 Å². The summed E-state index contributed by atoms with van der Waals surface area (Å²) in [4.78, 5) is 0. The molecule has 3 nitrogen and oxygen atoms in total. The van der Waals surface area contributed by atoms with Gasteiger partial charge in [-0.3, -0.25) is 5.10 Å². The van der Waals surface area contributed by atoms with Crippen molar-refractivity contribution in [1.29, 1.82) is 0 Å². The summed E-state index contributed by atoms with van der Waals surface area (Å²) >= 11 is 0. The minimum absolute atomic E-state index is 0.665. The zero-order valence-electron chi connectivity index (χ0n) is 10.3. The molecule has 1 atom stereocenters. The minimum Gasteiger partial charge on any atom is -0.341 e. The normalized spacial score (nSPS) is 18.8. The maximum Gasteiger partial charge on any atom is 0.125 e. The number of nitrogens with zero attached hydrogens (tertiary/aromatic N) is 1. The maximum absolute atomic E-state index is 3.93. The molecule has 1 aliphatic rings. The topological polar surface area (TPSA) is 40.7 Å². The van der Waals surface area contributed by atoms with Crippen molar-refractivity contribution in [3.63, 3.8) is 0 Å². The molecule has 92 valence electrons. The SMILES string of the molecule is C1=CCC(c2cccc(Nc3ccn[nH]3)c2)CC1. The summed E-state index contributed by atoms with van der Waals surface area (Å²) in [6, 6.07) is 10.6. The van der Waals surface area contributed by atoms with Gasteiger partial charge in [0.15, 0.2) is 0 Å². The molecule has 1 aliphatic carbocycles. The van der Waals surface area contributed by atoms with Gasteiger partial charge in [-0.25, -0.2) is 0 Å². The molecule has 1 aromatic heterocycles. The van der Waals surface area contributed by atoms with E-state index < -0.39 is 0 Å². The lowest BCUT2D eigenvalue weighted by atomic mass is 9.88. The fourth-order valence-corrected chi connectivity index (χ4v) is 2.45. The van der Waals surface area contributed by atoms with E-state index in [2.05, 4.69) is 51.9 Å². The summed E-state index contributed by atoms with van der Waals surface area (Å²) < 4.78 is 0. The van der Waals surface area contributed by atoms with E-state index in [1.54, 1.807) is 6.20 Å². The van der Waals surface area contributed by atoms with Crippen LogP contribution in [0.4, 0.5) is 11.5 Å². The maximum atomic E-state index is 3.93. The van der Waals surface area contributed by atoms with Crippen molar-refractivity contribution in [3.8, 4) is 0 Å². The van der Waals surface area contributed by atoms with E-state index in [1.807, 2.05) is 6.07 Å². The first-order valence-electron chi connectivity index (χ1n) is 6.43. The Kier molecular flexibility index (Phi) is 3.13. The smallest absolute Gasteiger partial charge is 0.125 e. The molecule has 18 heavy (non-hydrogen) atoms. The Morgan fingerprint density at radius 3 is 3.00 bits per heavy atom. The highest BCUT2D eigenvalue weighted by atomic mass is 15.2. The highest BCUT2D eigenvalue weighted by Gasteiger charge is 2.12. The number of nitrogens with one attached hydrogen (secondary N) is 2. The summed E-state index contributed by atoms with van der Waals surface area (Å²) in [7, 11) is 0. The van der Waals surface area contributed by atoms with Crippen molar-refractivity contribution < 1.29 is 0 Å². The van der Waals surface area contributed by atoms with Gasteiger partial charge in [0.1, 0.15) is 5.82 Å². The first-order chi connectivity index (χ1) is 8.92. The molecule has 3 heteroatoms. The van der Waals surface area contributed by atoms with Crippen molar-refractivity contribution >= 4 is 11.5 Å². The molecule has 0 aliphatic heterocycles. The second-order valence-electron chi connectivity index (χ2n) is 4.70. The van der Waals surface area contributed by atoms with E-state index in [9.17, 15) is 0 Å². The van der Waals surface area contributed by atoms with Crippen molar-refractivity contribution in [3.05, 3.63) is 54.2 Å². The van der Waals surface area contributed by atoms with Gasteiger partial charge in [-0.2, -0.15) is 5.10 Å². The third-order valence-electron chi connectivity index (χ3n) is 3.41. The molecule has 0 fully saturated rings. The van der Waals surface area contributed by atoms with Crippen molar-refractivity contribution in [2.45, 2.75) is 25.2 Å². The van der Waals surface area contributed by atoms with Crippen LogP contribution in [0.3, 0.4) is 0 Å². The number of hydrogen-bond acceptors (Lipinski definition) is 2. The molecule has 1 unspecified atom stereocenters. The molecule has 0 saturated carbocycles. The van der Waals surface area contributed by atoms with E-state index in [-0.39, 0.29) is 0 Å². The third-order valence-corrected chi connectivity index (χ3v) is 3.41. The Labute approximate surface area is 107 Å². The summed E-state index contributed by atoms with van der Waals surface area (Å²) in [6.07, 6.45) is 9.94. The fraction of sp³-hybridized carbons (Fsp3) is 0.267. The first kappa shape index (κ1) is 11.1. The van der Waals surface area contributed by atoms with Crippen LogP contribution in [0.5, 0.6) is 0 Å². The van der Waals surface area contributed by atoms with Crippen LogP contribution >= 0.6 is 0 Å². The first-order valence-corrected chi connectivity index (χ1v) is 6.43. The van der Waals surface area contributed by atoms with Crippen molar-refractivity contribution in [2.24, 2.45) is 0 Å². The van der Waals surface area contributed by atoms with Crippen LogP contribution in [0, 0.1) is 0 Å². The average molecular weight is 239 g/mol. The number of aromatic nitrogens is 2. The summed E-state index contributed by atoms with van der Waals surface area (Å²) in [5, 5.41) is 10.2. The van der Waals surface area contributed by atoms with E-state index in [0.717, 1.165) is 17.9 Å². The predicted octanol–water partition coefficient (Wildman–Crippen LogP) is 3.98. The number of allylic oxidation sites excluding steroid dienone is 2. The zero-order valence-corrected chi connectivity index (χ0v) is 10.3. The molecular weight excluding hydrogens is 222 g/mol. The molecule has 2 aromatic rings. The Bertz CT molecular complexity index is 528. The largest absolute Gasteiger partial charge is 0.341 e. The molecule has 1 heterocycles. The Morgan fingerprint density at radius 2 is 2.22 bits per heavy atom. The lowest BCUT2D eigenvalue weighted by Gasteiger charge is -2.19. The molecule has 1 aromatic carbocycles. The molecule has 0 spiro atoms. The van der Waals surface area contributed by atoms with Gasteiger partial charge >= 0.3 is 0 Å². The van der Waals surface area contributed by atoms with Gasteiger partial charge in [0.05, 0.1) is 6.20 Å². The lowest BCUT2D eigenvalue weighted by molar-refractivity contribution is 0.617. The van der Waals surface area contributed by atoms with Crippen LogP contribution in [0.2, 0.25) is 0 Å². The van der Waals surface area contributed by atoms with Crippen LogP contribution in [-0.4, -0.2) is 10.2 Å². The number of rotatable bonds is 3. The average Bonchev–Trinajstić information content (AvgIpc) is 2.93. The summed E-state index contributed by atoms with van der Waals surface area (Å²) in [5.74, 6) is 1.59. The number of anilines is 2.